The Balaban J connectivity index is 1.61. The molecule has 2 atom stereocenters. The number of halogens is 3. The van der Waals surface area contributed by atoms with Gasteiger partial charge in [-0.25, -0.2) is 13.9 Å². The first-order chi connectivity index (χ1) is 12.1. The molecule has 0 unspecified atom stereocenters. The third kappa shape index (κ3) is 2.93. The van der Waals surface area contributed by atoms with Crippen molar-refractivity contribution >= 4 is 57.0 Å². The number of nitrogens with zero attached hydrogens (tertiary/aromatic N) is 3. The van der Waals surface area contributed by atoms with Gasteiger partial charge < -0.3 is 14.8 Å². The molecule has 0 aliphatic carbocycles. The van der Waals surface area contributed by atoms with Crippen LogP contribution in [0.1, 0.15) is 29.5 Å². The van der Waals surface area contributed by atoms with Gasteiger partial charge in [-0.2, -0.15) is 8.42 Å². The van der Waals surface area contributed by atoms with Crippen LogP contribution >= 0.6 is 34.8 Å². The second-order valence-electron chi connectivity index (χ2n) is 6.20. The maximum Gasteiger partial charge on any atom is 0.362 e. The van der Waals surface area contributed by atoms with E-state index in [1.165, 1.54) is 0 Å². The largest absolute Gasteiger partial charge is 0.362 e. The van der Waals surface area contributed by atoms with Crippen molar-refractivity contribution in [3.05, 3.63) is 24.0 Å². The van der Waals surface area contributed by atoms with E-state index in [1.54, 1.807) is 27.8 Å². The molecule has 1 saturated heterocycles. The van der Waals surface area contributed by atoms with Crippen molar-refractivity contribution in [2.45, 2.75) is 28.5 Å². The monoisotopic (exact) mass is 441 g/mol. The van der Waals surface area contributed by atoms with Crippen LogP contribution in [0.5, 0.6) is 0 Å². The highest BCUT2D eigenvalue weighted by Gasteiger charge is 2.58. The lowest BCUT2D eigenvalue weighted by molar-refractivity contribution is 0.0327. The Morgan fingerprint density at radius 3 is 2.96 bits per heavy atom. The molecule has 1 amide bonds. The van der Waals surface area contributed by atoms with Crippen molar-refractivity contribution in [3.8, 4) is 0 Å². The smallest absolute Gasteiger partial charge is 0.329 e. The highest BCUT2D eigenvalue weighted by atomic mass is 35.6. The van der Waals surface area contributed by atoms with Crippen molar-refractivity contribution in [1.29, 1.82) is 0 Å². The fraction of sp³-hybridized carbons (Fsp3) is 0.538. The van der Waals surface area contributed by atoms with Gasteiger partial charge in [0.1, 0.15) is 12.3 Å². The molecule has 9 nitrogen and oxygen atoms in total. The number of guanidine groups is 1. The molecule has 142 valence electrons. The summed E-state index contributed by atoms with van der Waals surface area (Å²) in [7, 11) is -4.26. The molecule has 3 aliphatic heterocycles. The molecule has 26 heavy (non-hydrogen) atoms. The Bertz CT molecular complexity index is 896. The number of aromatic nitrogens is 1. The first kappa shape index (κ1) is 18.2. The predicted octanol–water partition coefficient (Wildman–Crippen LogP) is 1.11. The topological polar surface area (TPSA) is 105 Å². The van der Waals surface area contributed by atoms with Crippen LogP contribution in [0.2, 0.25) is 0 Å². The number of carbonyl (C=O) groups is 1. The second kappa shape index (κ2) is 5.90. The van der Waals surface area contributed by atoms with Crippen molar-refractivity contribution < 1.29 is 17.4 Å². The number of hydrogen-bond donors (Lipinski definition) is 2. The Kier molecular flexibility index (Phi) is 4.12. The molecule has 3 aliphatic rings. The molecule has 2 N–H and O–H groups in total. The highest BCUT2D eigenvalue weighted by Crippen LogP contribution is 2.45. The third-order valence-corrected chi connectivity index (χ3v) is 5.74. The number of fused-ring (bicyclic) bond motifs is 2. The van der Waals surface area contributed by atoms with Crippen molar-refractivity contribution in [1.82, 2.24) is 19.5 Å². The normalized spacial score (nSPS) is 27.5. The van der Waals surface area contributed by atoms with E-state index in [2.05, 4.69) is 19.2 Å². The number of aliphatic imine (C=N–C) groups is 1. The first-order valence-corrected chi connectivity index (χ1v) is 10.2. The lowest BCUT2D eigenvalue weighted by Crippen LogP contribution is -2.63. The third-order valence-electron chi connectivity index (χ3n) is 4.54. The van der Waals surface area contributed by atoms with Gasteiger partial charge in [0, 0.05) is 12.7 Å². The number of carbonyl (C=O) groups excluding carboxylic acids is 1. The van der Waals surface area contributed by atoms with Gasteiger partial charge in [-0.05, 0) is 25.0 Å². The summed E-state index contributed by atoms with van der Waals surface area (Å²) in [6.07, 6.45) is 2.67. The minimum atomic E-state index is -4.26. The first-order valence-electron chi connectivity index (χ1n) is 7.70. The number of hydrogen-bond acceptors (Lipinski definition) is 6. The molecule has 1 aromatic heterocycles. The van der Waals surface area contributed by atoms with E-state index in [0.717, 1.165) is 6.42 Å². The molecule has 0 saturated carbocycles. The van der Waals surface area contributed by atoms with E-state index >= 15 is 0 Å². The van der Waals surface area contributed by atoms with Gasteiger partial charge in [0.25, 0.3) is 5.91 Å². The average molecular weight is 443 g/mol. The summed E-state index contributed by atoms with van der Waals surface area (Å²) in [6.45, 7) is -0.0892. The SMILES string of the molecule is O=C1c2cccn2[C@H]2N=C(NS(=O)(=O)OCC(Cl)(Cl)Cl)N[C@]23CCCN13. The van der Waals surface area contributed by atoms with E-state index in [1.807, 2.05) is 0 Å². The number of nitrogens with one attached hydrogen (secondary N) is 2. The average Bonchev–Trinajstić information content (AvgIpc) is 3.22. The molecular formula is C13H14Cl3N5O4S. The molecule has 1 aromatic rings. The molecular weight excluding hydrogens is 429 g/mol. The molecule has 1 fully saturated rings. The fourth-order valence-electron chi connectivity index (χ4n) is 3.62. The van der Waals surface area contributed by atoms with Crippen LogP contribution in [0, 0.1) is 0 Å². The maximum absolute atomic E-state index is 12.7. The summed E-state index contributed by atoms with van der Waals surface area (Å²) in [5.41, 5.74) is -0.300. The quantitative estimate of drug-likeness (QED) is 0.682. The zero-order valence-electron chi connectivity index (χ0n) is 13.2. The molecule has 4 heterocycles. The minimum Gasteiger partial charge on any atom is -0.329 e. The van der Waals surface area contributed by atoms with Crippen molar-refractivity contribution in [2.75, 3.05) is 13.2 Å². The maximum atomic E-state index is 12.7. The summed E-state index contributed by atoms with van der Waals surface area (Å²) in [4.78, 5) is 18.8. The van der Waals surface area contributed by atoms with Gasteiger partial charge in [-0.3, -0.25) is 4.79 Å². The van der Waals surface area contributed by atoms with E-state index in [9.17, 15) is 13.2 Å². The van der Waals surface area contributed by atoms with Crippen LogP contribution in [0.3, 0.4) is 0 Å². The molecule has 0 bridgehead atoms. The number of amides is 1. The standard InChI is InChI=1S/C13H14Cl3N5O4S/c14-13(15,16)7-25-26(23,24)19-11-17-10-12(18-11)4-2-6-21(12)9(22)8-3-1-5-20(8)10/h1,3,5,10H,2,4,6-7H2,(H2,17,18,19)/t10-,12+/m1/s1. The highest BCUT2D eigenvalue weighted by molar-refractivity contribution is 7.85. The Morgan fingerprint density at radius 2 is 2.23 bits per heavy atom. The minimum absolute atomic E-state index is 0.0273. The van der Waals surface area contributed by atoms with Crippen LogP contribution in [-0.4, -0.2) is 52.4 Å². The van der Waals surface area contributed by atoms with Crippen LogP contribution in [0.4, 0.5) is 0 Å². The fourth-order valence-corrected chi connectivity index (χ4v) is 4.71. The van der Waals surface area contributed by atoms with E-state index in [4.69, 9.17) is 34.8 Å². The van der Waals surface area contributed by atoms with Gasteiger partial charge >= 0.3 is 10.3 Å². The van der Waals surface area contributed by atoms with E-state index in [-0.39, 0.29) is 11.9 Å². The Morgan fingerprint density at radius 1 is 1.46 bits per heavy atom. The Labute approximate surface area is 164 Å². The molecule has 0 aromatic carbocycles. The summed E-state index contributed by atoms with van der Waals surface area (Å²) in [5.74, 6) is -0.149. The van der Waals surface area contributed by atoms with Crippen LogP contribution < -0.4 is 10.0 Å². The van der Waals surface area contributed by atoms with Gasteiger partial charge in [-0.1, -0.05) is 34.8 Å². The zero-order chi connectivity index (χ0) is 18.7. The van der Waals surface area contributed by atoms with Crippen LogP contribution in [0.15, 0.2) is 23.3 Å². The number of rotatable bonds is 3. The van der Waals surface area contributed by atoms with Crippen LogP contribution in [-0.2, 0) is 14.5 Å². The summed E-state index contributed by atoms with van der Waals surface area (Å²) < 4.78 is 30.8. The van der Waals surface area contributed by atoms with E-state index in [0.29, 0.717) is 18.7 Å². The summed E-state index contributed by atoms with van der Waals surface area (Å²) >= 11 is 16.5. The summed E-state index contributed by atoms with van der Waals surface area (Å²) in [5, 5.41) is 3.05. The summed E-state index contributed by atoms with van der Waals surface area (Å²) in [6, 6.07) is 3.47. The lowest BCUT2D eigenvalue weighted by atomic mass is 10.0. The molecule has 1 spiro atoms. The van der Waals surface area contributed by atoms with Gasteiger partial charge in [-0.15, -0.1) is 0 Å². The van der Waals surface area contributed by atoms with Crippen molar-refractivity contribution in [2.24, 2.45) is 4.99 Å². The van der Waals surface area contributed by atoms with Crippen LogP contribution in [0.25, 0.3) is 0 Å². The van der Waals surface area contributed by atoms with Gasteiger partial charge in [0.05, 0.1) is 0 Å². The number of alkyl halides is 3. The predicted molar refractivity (Wildman–Crippen MR) is 95.3 cm³/mol. The van der Waals surface area contributed by atoms with Gasteiger partial charge in [0.15, 0.2) is 11.8 Å². The zero-order valence-corrected chi connectivity index (χ0v) is 16.2. The molecule has 4 rings (SSSR count). The van der Waals surface area contributed by atoms with E-state index < -0.39 is 32.5 Å². The Hall–Kier alpha value is -1.20. The lowest BCUT2D eigenvalue weighted by Gasteiger charge is -2.43. The second-order valence-corrected chi connectivity index (χ2v) is 10.1. The molecule has 13 heteroatoms. The van der Waals surface area contributed by atoms with Crippen molar-refractivity contribution in [3.63, 3.8) is 0 Å². The van der Waals surface area contributed by atoms with Gasteiger partial charge in [0.2, 0.25) is 9.75 Å². The molecule has 0 radical (unpaired) electrons.